The summed E-state index contributed by atoms with van der Waals surface area (Å²) in [6, 6.07) is 8.47. The molecule has 0 amide bonds. The third kappa shape index (κ3) is 2.63. The van der Waals surface area contributed by atoms with E-state index in [1.54, 1.807) is 0 Å². The number of pyridine rings is 1. The van der Waals surface area contributed by atoms with Gasteiger partial charge in [0.15, 0.2) is 0 Å². The summed E-state index contributed by atoms with van der Waals surface area (Å²) in [6.07, 6.45) is 4.00. The SMILES string of the molecule is CC(C)N(CC#N)Cc1cn2ccccc2n1. The van der Waals surface area contributed by atoms with E-state index in [9.17, 15) is 0 Å². The molecule has 0 aliphatic heterocycles. The Morgan fingerprint density at radius 1 is 1.47 bits per heavy atom. The summed E-state index contributed by atoms with van der Waals surface area (Å²) in [5.74, 6) is 0. The van der Waals surface area contributed by atoms with Crippen molar-refractivity contribution in [3.05, 3.63) is 36.3 Å². The van der Waals surface area contributed by atoms with Crippen molar-refractivity contribution in [2.24, 2.45) is 0 Å². The second kappa shape index (κ2) is 4.98. The molecule has 0 radical (unpaired) electrons. The highest BCUT2D eigenvalue weighted by Crippen LogP contribution is 2.09. The highest BCUT2D eigenvalue weighted by Gasteiger charge is 2.11. The number of fused-ring (bicyclic) bond motifs is 1. The van der Waals surface area contributed by atoms with Crippen molar-refractivity contribution in [1.29, 1.82) is 5.26 Å². The van der Waals surface area contributed by atoms with Gasteiger partial charge in [0.25, 0.3) is 0 Å². The molecular weight excluding hydrogens is 212 g/mol. The molecule has 4 heteroatoms. The standard InChI is InChI=1S/C13H16N4/c1-11(2)16(8-6-14)9-12-10-17-7-4-3-5-13(17)15-12/h3-5,7,10-11H,8-9H2,1-2H3. The number of hydrogen-bond acceptors (Lipinski definition) is 3. The molecule has 88 valence electrons. The first-order valence-electron chi connectivity index (χ1n) is 5.74. The van der Waals surface area contributed by atoms with Crippen molar-refractivity contribution in [3.63, 3.8) is 0 Å². The van der Waals surface area contributed by atoms with Crippen molar-refractivity contribution in [2.75, 3.05) is 6.54 Å². The van der Waals surface area contributed by atoms with Crippen LogP contribution in [-0.2, 0) is 6.54 Å². The van der Waals surface area contributed by atoms with Crippen LogP contribution in [0.3, 0.4) is 0 Å². The van der Waals surface area contributed by atoms with Crippen LogP contribution < -0.4 is 0 Å². The summed E-state index contributed by atoms with van der Waals surface area (Å²) >= 11 is 0. The third-order valence-electron chi connectivity index (χ3n) is 2.78. The van der Waals surface area contributed by atoms with Gasteiger partial charge < -0.3 is 4.40 Å². The average Bonchev–Trinajstić information content (AvgIpc) is 2.70. The van der Waals surface area contributed by atoms with E-state index in [1.807, 2.05) is 35.0 Å². The highest BCUT2D eigenvalue weighted by atomic mass is 15.2. The number of hydrogen-bond donors (Lipinski definition) is 0. The largest absolute Gasteiger partial charge is 0.307 e. The predicted molar refractivity (Wildman–Crippen MR) is 66.4 cm³/mol. The number of aromatic nitrogens is 2. The zero-order valence-electron chi connectivity index (χ0n) is 10.2. The Bertz CT molecular complexity index is 503. The molecule has 17 heavy (non-hydrogen) atoms. The first-order chi connectivity index (χ1) is 8.20. The first-order valence-corrected chi connectivity index (χ1v) is 5.74. The molecule has 0 aliphatic carbocycles. The Morgan fingerprint density at radius 3 is 2.94 bits per heavy atom. The molecule has 0 spiro atoms. The molecule has 2 aromatic heterocycles. The van der Waals surface area contributed by atoms with Gasteiger partial charge >= 0.3 is 0 Å². The molecule has 0 N–H and O–H groups in total. The van der Waals surface area contributed by atoms with Crippen LogP contribution in [0.4, 0.5) is 0 Å². The lowest BCUT2D eigenvalue weighted by atomic mass is 10.3. The normalized spacial score (nSPS) is 11.2. The van der Waals surface area contributed by atoms with Crippen LogP contribution in [0.2, 0.25) is 0 Å². The molecule has 0 aliphatic rings. The number of rotatable bonds is 4. The lowest BCUT2D eigenvalue weighted by Crippen LogP contribution is -2.30. The predicted octanol–water partition coefficient (Wildman–Crippen LogP) is 2.07. The van der Waals surface area contributed by atoms with Gasteiger partial charge in [0.2, 0.25) is 0 Å². The maximum Gasteiger partial charge on any atom is 0.137 e. The second-order valence-corrected chi connectivity index (χ2v) is 4.36. The van der Waals surface area contributed by atoms with Crippen molar-refractivity contribution in [1.82, 2.24) is 14.3 Å². The molecule has 2 heterocycles. The summed E-state index contributed by atoms with van der Waals surface area (Å²) in [4.78, 5) is 6.63. The van der Waals surface area contributed by atoms with E-state index < -0.39 is 0 Å². The highest BCUT2D eigenvalue weighted by molar-refractivity contribution is 5.39. The summed E-state index contributed by atoms with van der Waals surface area (Å²) in [5, 5.41) is 8.79. The van der Waals surface area contributed by atoms with E-state index in [0.717, 1.165) is 11.3 Å². The van der Waals surface area contributed by atoms with Crippen LogP contribution in [0.15, 0.2) is 30.6 Å². The van der Waals surface area contributed by atoms with Crippen LogP contribution in [0.25, 0.3) is 5.65 Å². The summed E-state index contributed by atoms with van der Waals surface area (Å²) in [7, 11) is 0. The van der Waals surface area contributed by atoms with Crippen molar-refractivity contribution in [3.8, 4) is 6.07 Å². The zero-order chi connectivity index (χ0) is 12.3. The van der Waals surface area contributed by atoms with Crippen molar-refractivity contribution in [2.45, 2.75) is 26.4 Å². The van der Waals surface area contributed by atoms with Crippen LogP contribution in [-0.4, -0.2) is 26.9 Å². The smallest absolute Gasteiger partial charge is 0.137 e. The van der Waals surface area contributed by atoms with Gasteiger partial charge in [0.05, 0.1) is 18.3 Å². The average molecular weight is 228 g/mol. The number of imidazole rings is 1. The number of nitriles is 1. The van der Waals surface area contributed by atoms with E-state index in [4.69, 9.17) is 5.26 Å². The Kier molecular flexibility index (Phi) is 3.40. The Hall–Kier alpha value is -1.86. The molecular formula is C13H16N4. The molecule has 0 bridgehead atoms. The van der Waals surface area contributed by atoms with Crippen LogP contribution in [0.5, 0.6) is 0 Å². The van der Waals surface area contributed by atoms with E-state index >= 15 is 0 Å². The van der Waals surface area contributed by atoms with E-state index in [1.165, 1.54) is 0 Å². The first kappa shape index (κ1) is 11.6. The lowest BCUT2D eigenvalue weighted by Gasteiger charge is -2.21. The quantitative estimate of drug-likeness (QED) is 0.752. The van der Waals surface area contributed by atoms with Gasteiger partial charge in [-0.25, -0.2) is 4.98 Å². The van der Waals surface area contributed by atoms with E-state index in [-0.39, 0.29) is 0 Å². The molecule has 0 atom stereocenters. The minimum Gasteiger partial charge on any atom is -0.307 e. The van der Waals surface area contributed by atoms with Gasteiger partial charge in [0.1, 0.15) is 5.65 Å². The van der Waals surface area contributed by atoms with Gasteiger partial charge in [-0.15, -0.1) is 0 Å². The van der Waals surface area contributed by atoms with Crippen LogP contribution in [0.1, 0.15) is 19.5 Å². The topological polar surface area (TPSA) is 44.3 Å². The molecule has 2 rings (SSSR count). The fourth-order valence-electron chi connectivity index (χ4n) is 1.78. The zero-order valence-corrected chi connectivity index (χ0v) is 10.2. The van der Waals surface area contributed by atoms with Crippen LogP contribution in [0, 0.1) is 11.3 Å². The summed E-state index contributed by atoms with van der Waals surface area (Å²) in [5.41, 5.74) is 1.95. The van der Waals surface area contributed by atoms with Gasteiger partial charge in [-0.1, -0.05) is 6.07 Å². The monoisotopic (exact) mass is 228 g/mol. The maximum absolute atomic E-state index is 8.79. The van der Waals surface area contributed by atoms with E-state index in [2.05, 4.69) is 29.8 Å². The fourth-order valence-corrected chi connectivity index (χ4v) is 1.78. The van der Waals surface area contributed by atoms with Gasteiger partial charge in [-0.3, -0.25) is 4.90 Å². The van der Waals surface area contributed by atoms with Gasteiger partial charge in [0, 0.05) is 25.0 Å². The Balaban J connectivity index is 2.19. The molecule has 0 unspecified atom stereocenters. The maximum atomic E-state index is 8.79. The molecule has 0 saturated heterocycles. The molecule has 2 aromatic rings. The minimum atomic E-state index is 0.347. The second-order valence-electron chi connectivity index (χ2n) is 4.36. The molecule has 0 saturated carbocycles. The van der Waals surface area contributed by atoms with Crippen molar-refractivity contribution >= 4 is 5.65 Å². The van der Waals surface area contributed by atoms with Gasteiger partial charge in [-0.2, -0.15) is 5.26 Å². The fraction of sp³-hybridized carbons (Fsp3) is 0.385. The third-order valence-corrected chi connectivity index (χ3v) is 2.78. The summed E-state index contributed by atoms with van der Waals surface area (Å²) in [6.45, 7) is 5.33. The van der Waals surface area contributed by atoms with E-state index in [0.29, 0.717) is 19.1 Å². The van der Waals surface area contributed by atoms with Crippen LogP contribution >= 0.6 is 0 Å². The number of nitrogens with zero attached hydrogens (tertiary/aromatic N) is 4. The van der Waals surface area contributed by atoms with Gasteiger partial charge in [-0.05, 0) is 26.0 Å². The lowest BCUT2D eigenvalue weighted by molar-refractivity contribution is 0.238. The van der Waals surface area contributed by atoms with Crippen molar-refractivity contribution < 1.29 is 0 Å². The summed E-state index contributed by atoms with van der Waals surface area (Å²) < 4.78 is 2.00. The molecule has 4 nitrogen and oxygen atoms in total. The Labute approximate surface area is 101 Å². The minimum absolute atomic E-state index is 0.347. The molecule has 0 aromatic carbocycles. The Morgan fingerprint density at radius 2 is 2.29 bits per heavy atom. The molecule has 0 fully saturated rings.